The van der Waals surface area contributed by atoms with Gasteiger partial charge in [0.2, 0.25) is 10.0 Å². The van der Waals surface area contributed by atoms with Crippen LogP contribution in [-0.2, 0) is 16.4 Å². The molecule has 0 aliphatic heterocycles. The Balaban J connectivity index is 2.36. The molecule has 0 radical (unpaired) electrons. The van der Waals surface area contributed by atoms with Crippen molar-refractivity contribution in [3.05, 3.63) is 58.6 Å². The molecule has 0 aliphatic carbocycles. The normalized spacial score (nSPS) is 11.2. The average molecular weight is 367 g/mol. The van der Waals surface area contributed by atoms with Crippen molar-refractivity contribution >= 4 is 38.9 Å². The molecule has 0 aliphatic rings. The second-order valence-corrected chi connectivity index (χ2v) is 7.78. The van der Waals surface area contributed by atoms with Crippen LogP contribution in [0.1, 0.15) is 22.8 Å². The number of nitrogens with zero attached hydrogens (tertiary/aromatic N) is 1. The Labute approximate surface area is 147 Å². The number of hydrogen-bond donors (Lipinski definition) is 1. The zero-order valence-electron chi connectivity index (χ0n) is 13.7. The standard InChI is InChI=1S/C17H19ClN2O3S/c1-4-12-7-5-6-8-16(12)19-17(21)14-11-13(9-10-15(14)18)20(2)24(3,22)23/h5-11H,4H2,1-3H3,(H,19,21). The molecular formula is C17H19ClN2O3S. The van der Waals surface area contributed by atoms with Crippen LogP contribution in [0.25, 0.3) is 0 Å². The summed E-state index contributed by atoms with van der Waals surface area (Å²) in [5.74, 6) is -0.385. The van der Waals surface area contributed by atoms with Crippen molar-refractivity contribution < 1.29 is 13.2 Å². The SMILES string of the molecule is CCc1ccccc1NC(=O)c1cc(N(C)S(C)(=O)=O)ccc1Cl. The van der Waals surface area contributed by atoms with Gasteiger partial charge in [-0.05, 0) is 36.2 Å². The number of anilines is 2. The molecule has 0 bridgehead atoms. The number of nitrogens with one attached hydrogen (secondary N) is 1. The minimum Gasteiger partial charge on any atom is -0.322 e. The molecule has 2 aromatic carbocycles. The molecule has 7 heteroatoms. The zero-order valence-corrected chi connectivity index (χ0v) is 15.3. The number of hydrogen-bond acceptors (Lipinski definition) is 3. The number of carbonyl (C=O) groups is 1. The Morgan fingerprint density at radius 1 is 1.21 bits per heavy atom. The number of para-hydroxylation sites is 1. The van der Waals surface area contributed by atoms with E-state index in [0.717, 1.165) is 22.5 Å². The first kappa shape index (κ1) is 18.3. The van der Waals surface area contributed by atoms with Gasteiger partial charge in [0.05, 0.1) is 22.5 Å². The summed E-state index contributed by atoms with van der Waals surface area (Å²) in [7, 11) is -2.00. The Morgan fingerprint density at radius 2 is 1.88 bits per heavy atom. The van der Waals surface area contributed by atoms with Crippen LogP contribution in [0.3, 0.4) is 0 Å². The maximum atomic E-state index is 12.6. The molecule has 0 spiro atoms. The van der Waals surface area contributed by atoms with Crippen molar-refractivity contribution in [1.82, 2.24) is 0 Å². The van der Waals surface area contributed by atoms with Crippen LogP contribution < -0.4 is 9.62 Å². The lowest BCUT2D eigenvalue weighted by Crippen LogP contribution is -2.25. The molecular weight excluding hydrogens is 348 g/mol. The maximum absolute atomic E-state index is 12.6. The first-order valence-corrected chi connectivity index (χ1v) is 9.59. The van der Waals surface area contributed by atoms with E-state index in [0.29, 0.717) is 11.4 Å². The van der Waals surface area contributed by atoms with Crippen LogP contribution in [0.15, 0.2) is 42.5 Å². The topological polar surface area (TPSA) is 66.5 Å². The average Bonchev–Trinajstić information content (AvgIpc) is 2.54. The van der Waals surface area contributed by atoms with E-state index in [4.69, 9.17) is 11.6 Å². The molecule has 0 aromatic heterocycles. The van der Waals surface area contributed by atoms with Crippen LogP contribution in [0, 0.1) is 0 Å². The number of rotatable bonds is 5. The highest BCUT2D eigenvalue weighted by Crippen LogP contribution is 2.25. The summed E-state index contributed by atoms with van der Waals surface area (Å²) in [4.78, 5) is 12.6. The van der Waals surface area contributed by atoms with E-state index in [1.807, 2.05) is 31.2 Å². The van der Waals surface area contributed by atoms with Gasteiger partial charge >= 0.3 is 0 Å². The van der Waals surface area contributed by atoms with Crippen LogP contribution in [0.5, 0.6) is 0 Å². The van der Waals surface area contributed by atoms with Crippen molar-refractivity contribution in [2.75, 3.05) is 22.9 Å². The lowest BCUT2D eigenvalue weighted by atomic mass is 10.1. The molecule has 0 saturated heterocycles. The lowest BCUT2D eigenvalue weighted by Gasteiger charge is -2.18. The van der Waals surface area contributed by atoms with E-state index < -0.39 is 10.0 Å². The smallest absolute Gasteiger partial charge is 0.257 e. The van der Waals surface area contributed by atoms with Gasteiger partial charge in [0.1, 0.15) is 0 Å². The molecule has 5 nitrogen and oxygen atoms in total. The van der Waals surface area contributed by atoms with Crippen molar-refractivity contribution in [3.8, 4) is 0 Å². The number of aryl methyl sites for hydroxylation is 1. The van der Waals surface area contributed by atoms with Gasteiger partial charge in [-0.3, -0.25) is 9.10 Å². The van der Waals surface area contributed by atoms with E-state index in [1.54, 1.807) is 6.07 Å². The van der Waals surface area contributed by atoms with E-state index in [-0.39, 0.29) is 16.5 Å². The zero-order chi connectivity index (χ0) is 17.9. The summed E-state index contributed by atoms with van der Waals surface area (Å²) in [5.41, 5.74) is 2.31. The predicted molar refractivity (Wildman–Crippen MR) is 98.5 cm³/mol. The second kappa shape index (κ2) is 7.23. The van der Waals surface area contributed by atoms with E-state index >= 15 is 0 Å². The van der Waals surface area contributed by atoms with Gasteiger partial charge in [0.15, 0.2) is 0 Å². The number of carbonyl (C=O) groups excluding carboxylic acids is 1. The van der Waals surface area contributed by atoms with E-state index in [9.17, 15) is 13.2 Å². The fourth-order valence-electron chi connectivity index (χ4n) is 2.21. The van der Waals surface area contributed by atoms with Gasteiger partial charge in [0, 0.05) is 12.7 Å². The van der Waals surface area contributed by atoms with Gasteiger partial charge in [-0.2, -0.15) is 0 Å². The summed E-state index contributed by atoms with van der Waals surface area (Å²) >= 11 is 6.12. The van der Waals surface area contributed by atoms with Gasteiger partial charge in [-0.15, -0.1) is 0 Å². The van der Waals surface area contributed by atoms with Gasteiger partial charge in [0.25, 0.3) is 5.91 Å². The number of benzene rings is 2. The highest BCUT2D eigenvalue weighted by Gasteiger charge is 2.17. The summed E-state index contributed by atoms with van der Waals surface area (Å²) < 4.78 is 24.4. The molecule has 0 fully saturated rings. The third kappa shape index (κ3) is 4.07. The number of sulfonamides is 1. The quantitative estimate of drug-likeness (QED) is 0.879. The van der Waals surface area contributed by atoms with Gasteiger partial charge in [-0.25, -0.2) is 8.42 Å². The summed E-state index contributed by atoms with van der Waals surface area (Å²) in [6, 6.07) is 12.0. The van der Waals surface area contributed by atoms with Crippen LogP contribution in [-0.4, -0.2) is 27.6 Å². The molecule has 1 amide bonds. The highest BCUT2D eigenvalue weighted by molar-refractivity contribution is 7.92. The second-order valence-electron chi connectivity index (χ2n) is 5.36. The van der Waals surface area contributed by atoms with Crippen LogP contribution >= 0.6 is 11.6 Å². The molecule has 0 unspecified atom stereocenters. The first-order chi connectivity index (χ1) is 11.2. The van der Waals surface area contributed by atoms with Crippen molar-refractivity contribution in [1.29, 1.82) is 0 Å². The molecule has 1 N–H and O–H groups in total. The third-order valence-electron chi connectivity index (χ3n) is 3.70. The minimum absolute atomic E-state index is 0.218. The largest absolute Gasteiger partial charge is 0.322 e. The molecule has 0 atom stereocenters. The molecule has 0 heterocycles. The monoisotopic (exact) mass is 366 g/mol. The summed E-state index contributed by atoms with van der Waals surface area (Å²) in [6.07, 6.45) is 1.87. The Kier molecular flexibility index (Phi) is 5.51. The molecule has 2 aromatic rings. The molecule has 2 rings (SSSR count). The van der Waals surface area contributed by atoms with Crippen molar-refractivity contribution in [3.63, 3.8) is 0 Å². The van der Waals surface area contributed by atoms with E-state index in [2.05, 4.69) is 5.32 Å². The number of amides is 1. The first-order valence-electron chi connectivity index (χ1n) is 7.36. The Hall–Kier alpha value is -2.05. The van der Waals surface area contributed by atoms with Crippen LogP contribution in [0.4, 0.5) is 11.4 Å². The van der Waals surface area contributed by atoms with Crippen molar-refractivity contribution in [2.24, 2.45) is 0 Å². The fourth-order valence-corrected chi connectivity index (χ4v) is 2.91. The molecule has 0 saturated carbocycles. The third-order valence-corrected chi connectivity index (χ3v) is 5.24. The van der Waals surface area contributed by atoms with Gasteiger partial charge in [-0.1, -0.05) is 36.7 Å². The maximum Gasteiger partial charge on any atom is 0.257 e. The predicted octanol–water partition coefficient (Wildman–Crippen LogP) is 3.55. The highest BCUT2D eigenvalue weighted by atomic mass is 35.5. The summed E-state index contributed by atoms with van der Waals surface area (Å²) in [6.45, 7) is 2.00. The van der Waals surface area contributed by atoms with E-state index in [1.165, 1.54) is 19.2 Å². The summed E-state index contributed by atoms with van der Waals surface area (Å²) in [5, 5.41) is 3.09. The Bertz CT molecular complexity index is 866. The van der Waals surface area contributed by atoms with Crippen molar-refractivity contribution in [2.45, 2.75) is 13.3 Å². The molecule has 128 valence electrons. The minimum atomic E-state index is -3.42. The number of halogens is 1. The fraction of sp³-hybridized carbons (Fsp3) is 0.235. The lowest BCUT2D eigenvalue weighted by molar-refractivity contribution is 0.102. The Morgan fingerprint density at radius 3 is 2.50 bits per heavy atom. The van der Waals surface area contributed by atoms with Crippen LogP contribution in [0.2, 0.25) is 5.02 Å². The molecule has 24 heavy (non-hydrogen) atoms. The van der Waals surface area contributed by atoms with Gasteiger partial charge < -0.3 is 5.32 Å².